The largest absolute Gasteiger partial charge is 0.355 e. The standard InChI is InChI=1S/C58H40N6Si/c59-40-41-35-36-55-52(37-41)51-32-14-16-34-54(51)64(55)58-62-56(43-21-17-23-45(38-43)60-53-33-15-13-31-50(53)42-19-5-1-6-20-42)61-57(63-58)44-22-18-30-49(39-44)65(46-24-7-2-8-25-46,47-26-9-3-10-27-47)48-28-11-4-12-29-48/h1-39,60H. The Hall–Kier alpha value is -8.70. The molecule has 0 atom stereocenters. The first kappa shape index (κ1) is 39.2. The lowest BCUT2D eigenvalue weighted by atomic mass is 10.0. The molecule has 1 N–H and O–H groups in total. The lowest BCUT2D eigenvalue weighted by Crippen LogP contribution is -2.74. The summed E-state index contributed by atoms with van der Waals surface area (Å²) in [6.07, 6.45) is 0. The average molecular weight is 849 g/mol. The molecule has 306 valence electrons. The van der Waals surface area contributed by atoms with Crippen LogP contribution in [0.15, 0.2) is 237 Å². The molecule has 0 aliphatic heterocycles. The monoisotopic (exact) mass is 848 g/mol. The summed E-state index contributed by atoms with van der Waals surface area (Å²) < 4.78 is 2.10. The number of nitriles is 1. The Bertz CT molecular complexity index is 3430. The van der Waals surface area contributed by atoms with Gasteiger partial charge in [0.2, 0.25) is 5.95 Å². The molecule has 0 spiro atoms. The van der Waals surface area contributed by atoms with Crippen LogP contribution < -0.4 is 26.1 Å². The van der Waals surface area contributed by atoms with Crippen LogP contribution in [0.3, 0.4) is 0 Å². The van der Waals surface area contributed by atoms with E-state index < -0.39 is 8.07 Å². The highest BCUT2D eigenvalue weighted by atomic mass is 28.3. The maximum Gasteiger partial charge on any atom is 0.238 e. The van der Waals surface area contributed by atoms with Gasteiger partial charge in [-0.2, -0.15) is 15.2 Å². The Labute approximate surface area is 378 Å². The van der Waals surface area contributed by atoms with Gasteiger partial charge in [-0.25, -0.2) is 4.98 Å². The molecule has 11 aromatic rings. The molecule has 0 saturated heterocycles. The van der Waals surface area contributed by atoms with Crippen LogP contribution in [0.4, 0.5) is 11.4 Å². The second-order valence-electron chi connectivity index (χ2n) is 16.0. The summed E-state index contributed by atoms with van der Waals surface area (Å²) in [6.45, 7) is 0. The van der Waals surface area contributed by atoms with Crippen molar-refractivity contribution < 1.29 is 0 Å². The number of hydrogen-bond donors (Lipinski definition) is 1. The van der Waals surface area contributed by atoms with Crippen LogP contribution in [-0.4, -0.2) is 27.6 Å². The van der Waals surface area contributed by atoms with Crippen molar-refractivity contribution in [3.63, 3.8) is 0 Å². The third-order valence-corrected chi connectivity index (χ3v) is 17.0. The minimum absolute atomic E-state index is 0.483. The molecule has 9 aromatic carbocycles. The highest BCUT2D eigenvalue weighted by Gasteiger charge is 2.41. The van der Waals surface area contributed by atoms with E-state index in [1.807, 2.05) is 48.5 Å². The van der Waals surface area contributed by atoms with Crippen molar-refractivity contribution in [2.45, 2.75) is 0 Å². The van der Waals surface area contributed by atoms with Crippen molar-refractivity contribution in [2.24, 2.45) is 0 Å². The molecular weight excluding hydrogens is 809 g/mol. The third-order valence-electron chi connectivity index (χ3n) is 12.2. The first-order valence-corrected chi connectivity index (χ1v) is 23.7. The van der Waals surface area contributed by atoms with Crippen LogP contribution in [0.25, 0.3) is 61.7 Å². The van der Waals surface area contributed by atoms with Crippen LogP contribution in [-0.2, 0) is 0 Å². The summed E-state index contributed by atoms with van der Waals surface area (Å²) in [4.78, 5) is 16.0. The summed E-state index contributed by atoms with van der Waals surface area (Å²) in [5.41, 5.74) is 8.28. The van der Waals surface area contributed by atoms with Crippen LogP contribution >= 0.6 is 0 Å². The van der Waals surface area contributed by atoms with Gasteiger partial charge in [-0.05, 0) is 68.8 Å². The minimum atomic E-state index is -2.88. The van der Waals surface area contributed by atoms with E-state index in [4.69, 9.17) is 15.0 Å². The van der Waals surface area contributed by atoms with Crippen molar-refractivity contribution >= 4 is 62.0 Å². The van der Waals surface area contributed by atoms with Gasteiger partial charge >= 0.3 is 0 Å². The summed E-state index contributed by atoms with van der Waals surface area (Å²) in [7, 11) is -2.88. The maximum absolute atomic E-state index is 9.91. The van der Waals surface area contributed by atoms with Crippen LogP contribution in [0.5, 0.6) is 0 Å². The molecular formula is C58H40N6Si. The maximum atomic E-state index is 9.91. The van der Waals surface area contributed by atoms with Gasteiger partial charge in [0.05, 0.1) is 22.7 Å². The Kier molecular flexibility index (Phi) is 10.2. The van der Waals surface area contributed by atoms with Gasteiger partial charge in [-0.15, -0.1) is 0 Å². The van der Waals surface area contributed by atoms with Gasteiger partial charge in [0, 0.05) is 38.8 Å². The van der Waals surface area contributed by atoms with E-state index in [0.29, 0.717) is 23.2 Å². The molecule has 0 saturated carbocycles. The zero-order valence-electron chi connectivity index (χ0n) is 35.3. The van der Waals surface area contributed by atoms with Gasteiger partial charge < -0.3 is 5.32 Å². The Morgan fingerprint density at radius 3 is 1.60 bits per heavy atom. The summed E-state index contributed by atoms with van der Waals surface area (Å²) >= 11 is 0. The van der Waals surface area contributed by atoms with Crippen molar-refractivity contribution in [2.75, 3.05) is 5.32 Å². The van der Waals surface area contributed by atoms with E-state index in [2.05, 4.69) is 204 Å². The molecule has 65 heavy (non-hydrogen) atoms. The predicted molar refractivity (Wildman–Crippen MR) is 269 cm³/mol. The van der Waals surface area contributed by atoms with E-state index in [0.717, 1.165) is 55.4 Å². The van der Waals surface area contributed by atoms with Crippen molar-refractivity contribution in [1.29, 1.82) is 5.26 Å². The molecule has 2 heterocycles. The van der Waals surface area contributed by atoms with Gasteiger partial charge in [-0.1, -0.05) is 194 Å². The fraction of sp³-hybridized carbons (Fsp3) is 0. The quantitative estimate of drug-likeness (QED) is 0.110. The minimum Gasteiger partial charge on any atom is -0.355 e. The number of nitrogens with zero attached hydrogens (tertiary/aromatic N) is 5. The van der Waals surface area contributed by atoms with Crippen LogP contribution in [0, 0.1) is 11.3 Å². The molecule has 0 aliphatic rings. The second-order valence-corrected chi connectivity index (χ2v) is 19.8. The molecule has 0 bridgehead atoms. The lowest BCUT2D eigenvalue weighted by Gasteiger charge is -2.34. The number of hydrogen-bond acceptors (Lipinski definition) is 5. The fourth-order valence-electron chi connectivity index (χ4n) is 9.29. The molecule has 0 amide bonds. The number of rotatable bonds is 10. The summed E-state index contributed by atoms with van der Waals surface area (Å²) in [5.74, 6) is 1.57. The number of para-hydroxylation sites is 2. The van der Waals surface area contributed by atoms with Gasteiger partial charge in [-0.3, -0.25) is 4.57 Å². The smallest absolute Gasteiger partial charge is 0.238 e. The highest BCUT2D eigenvalue weighted by Crippen LogP contribution is 2.34. The summed E-state index contributed by atoms with van der Waals surface area (Å²) in [6, 6.07) is 85.0. The van der Waals surface area contributed by atoms with E-state index in [-0.39, 0.29) is 0 Å². The lowest BCUT2D eigenvalue weighted by molar-refractivity contribution is 0.953. The third kappa shape index (κ3) is 7.14. The zero-order chi connectivity index (χ0) is 43.6. The molecule has 0 fully saturated rings. The van der Waals surface area contributed by atoms with E-state index in [9.17, 15) is 5.26 Å². The first-order chi connectivity index (χ1) is 32.2. The topological polar surface area (TPSA) is 79.4 Å². The normalized spacial score (nSPS) is 11.4. The van der Waals surface area contributed by atoms with Crippen molar-refractivity contribution in [3.8, 4) is 45.9 Å². The molecule has 11 rings (SSSR count). The SMILES string of the molecule is N#Cc1ccc2c(c1)c1ccccc1n2-c1nc(-c2cccc(Nc3ccccc3-c3ccccc3)c2)nc(-c2cccc([Si](c3ccccc3)(c3ccccc3)c3ccccc3)c2)n1. The fourth-order valence-corrected chi connectivity index (χ4v) is 14.1. The van der Waals surface area contributed by atoms with E-state index >= 15 is 0 Å². The highest BCUT2D eigenvalue weighted by molar-refractivity contribution is 7.19. The van der Waals surface area contributed by atoms with E-state index in [1.165, 1.54) is 20.7 Å². The number of nitrogens with one attached hydrogen (secondary N) is 1. The molecule has 7 heteroatoms. The van der Waals surface area contributed by atoms with Gasteiger partial charge in [0.25, 0.3) is 0 Å². The molecule has 2 aromatic heterocycles. The van der Waals surface area contributed by atoms with Gasteiger partial charge in [0.15, 0.2) is 19.7 Å². The van der Waals surface area contributed by atoms with Crippen molar-refractivity contribution in [3.05, 3.63) is 242 Å². The number of anilines is 2. The Balaban J connectivity index is 1.13. The second kappa shape index (κ2) is 16.9. The molecule has 0 aliphatic carbocycles. The van der Waals surface area contributed by atoms with Crippen LogP contribution in [0.1, 0.15) is 5.56 Å². The van der Waals surface area contributed by atoms with Crippen molar-refractivity contribution in [1.82, 2.24) is 19.5 Å². The Morgan fingerprint density at radius 2 is 0.938 bits per heavy atom. The number of benzene rings is 9. The van der Waals surface area contributed by atoms with Crippen LogP contribution in [0.2, 0.25) is 0 Å². The zero-order valence-corrected chi connectivity index (χ0v) is 36.3. The average Bonchev–Trinajstić information content (AvgIpc) is 3.72. The number of aromatic nitrogens is 4. The van der Waals surface area contributed by atoms with Gasteiger partial charge in [0.1, 0.15) is 0 Å². The first-order valence-electron chi connectivity index (χ1n) is 21.7. The molecule has 0 unspecified atom stereocenters. The molecule has 0 radical (unpaired) electrons. The Morgan fingerprint density at radius 1 is 0.415 bits per heavy atom. The predicted octanol–water partition coefficient (Wildman–Crippen LogP) is 11.0. The van der Waals surface area contributed by atoms with E-state index in [1.54, 1.807) is 0 Å². The summed E-state index contributed by atoms with van der Waals surface area (Å²) in [5, 5.41) is 20.6. The molecule has 6 nitrogen and oxygen atoms in total. The number of fused-ring (bicyclic) bond motifs is 3.